The fourth-order valence-electron chi connectivity index (χ4n) is 7.16. The predicted octanol–water partition coefficient (Wildman–Crippen LogP) is 13.4. The molecule has 0 aliphatic carbocycles. The quantitative estimate of drug-likeness (QED) is 0.0328. The molecule has 6 heteroatoms. The van der Waals surface area contributed by atoms with E-state index in [0.717, 1.165) is 57.8 Å². The summed E-state index contributed by atoms with van der Waals surface area (Å²) in [6.45, 7) is 4.86. The van der Waals surface area contributed by atoms with Crippen molar-refractivity contribution in [3.8, 4) is 0 Å². The highest BCUT2D eigenvalue weighted by atomic mass is 16.5. The Morgan fingerprint density at radius 2 is 0.887 bits per heavy atom. The van der Waals surface area contributed by atoms with Gasteiger partial charge < -0.3 is 20.3 Å². The predicted molar refractivity (Wildman–Crippen MR) is 227 cm³/mol. The van der Waals surface area contributed by atoms with E-state index in [9.17, 15) is 19.8 Å². The Balaban J connectivity index is 3.50. The SMILES string of the molecule is CCCCCC/C=C\CCCCCCCC(=O)OCCCCCCCCCCCC(=O)NC(CO)C(O)CCCCCCCCCCCCCCCC. The van der Waals surface area contributed by atoms with Crippen molar-refractivity contribution in [2.75, 3.05) is 13.2 Å². The van der Waals surface area contributed by atoms with Gasteiger partial charge in [0.25, 0.3) is 0 Å². The summed E-state index contributed by atoms with van der Waals surface area (Å²) in [6.07, 6.45) is 47.3. The normalized spacial score (nSPS) is 12.8. The summed E-state index contributed by atoms with van der Waals surface area (Å²) in [5.41, 5.74) is 0. The van der Waals surface area contributed by atoms with E-state index < -0.39 is 12.1 Å². The Morgan fingerprint density at radius 3 is 1.36 bits per heavy atom. The molecule has 0 saturated carbocycles. The summed E-state index contributed by atoms with van der Waals surface area (Å²) in [4.78, 5) is 24.4. The van der Waals surface area contributed by atoms with E-state index in [1.165, 1.54) is 161 Å². The molecule has 0 heterocycles. The second kappa shape index (κ2) is 43.3. The average Bonchev–Trinajstić information content (AvgIpc) is 3.16. The van der Waals surface area contributed by atoms with Crippen LogP contribution >= 0.6 is 0 Å². The first-order valence-electron chi connectivity index (χ1n) is 23.4. The highest BCUT2D eigenvalue weighted by Gasteiger charge is 2.20. The standard InChI is InChI=1S/C47H91NO5/c1-3-5-7-9-11-13-15-17-19-20-23-27-31-35-39-45(50)44(43-49)48-46(51)40-36-32-28-24-22-26-30-34-38-42-53-47(52)41-37-33-29-25-21-18-16-14-12-10-8-6-4-2/h14,16,44-45,49-50H,3-13,15,17-43H2,1-2H3,(H,48,51)/b16-14-. The number of hydrogen-bond acceptors (Lipinski definition) is 5. The highest BCUT2D eigenvalue weighted by Crippen LogP contribution is 2.16. The van der Waals surface area contributed by atoms with Gasteiger partial charge in [0.15, 0.2) is 0 Å². The molecule has 3 N–H and O–H groups in total. The second-order valence-corrected chi connectivity index (χ2v) is 16.1. The number of carbonyl (C=O) groups is 2. The summed E-state index contributed by atoms with van der Waals surface area (Å²) in [5.74, 6) is -0.0973. The number of amides is 1. The molecular weight excluding hydrogens is 659 g/mol. The maximum absolute atomic E-state index is 12.4. The fraction of sp³-hybridized carbons (Fsp3) is 0.915. The van der Waals surface area contributed by atoms with Gasteiger partial charge in [-0.3, -0.25) is 9.59 Å². The van der Waals surface area contributed by atoms with Gasteiger partial charge in [-0.1, -0.05) is 199 Å². The lowest BCUT2D eigenvalue weighted by molar-refractivity contribution is -0.143. The zero-order valence-corrected chi connectivity index (χ0v) is 35.5. The van der Waals surface area contributed by atoms with Gasteiger partial charge in [0.2, 0.25) is 5.91 Å². The molecule has 2 atom stereocenters. The molecule has 0 spiro atoms. The van der Waals surface area contributed by atoms with Crippen LogP contribution in [0.4, 0.5) is 0 Å². The molecule has 6 nitrogen and oxygen atoms in total. The number of ether oxygens (including phenoxy) is 1. The minimum atomic E-state index is -0.680. The molecule has 0 fully saturated rings. The van der Waals surface area contributed by atoms with Crippen LogP contribution in [0.1, 0.15) is 251 Å². The molecule has 53 heavy (non-hydrogen) atoms. The number of unbranched alkanes of at least 4 members (excludes halogenated alkanes) is 30. The topological polar surface area (TPSA) is 95.9 Å². The van der Waals surface area contributed by atoms with Gasteiger partial charge in [0.1, 0.15) is 0 Å². The average molecular weight is 750 g/mol. The zero-order valence-electron chi connectivity index (χ0n) is 35.5. The smallest absolute Gasteiger partial charge is 0.305 e. The third-order valence-corrected chi connectivity index (χ3v) is 10.8. The second-order valence-electron chi connectivity index (χ2n) is 16.1. The number of hydrogen-bond donors (Lipinski definition) is 3. The van der Waals surface area contributed by atoms with Gasteiger partial charge in [-0.2, -0.15) is 0 Å². The summed E-state index contributed by atoms with van der Waals surface area (Å²) in [6, 6.07) is -0.560. The first kappa shape index (κ1) is 51.6. The Morgan fingerprint density at radius 1 is 0.509 bits per heavy atom. The minimum absolute atomic E-state index is 0.0343. The molecule has 0 rings (SSSR count). The van der Waals surface area contributed by atoms with E-state index >= 15 is 0 Å². The monoisotopic (exact) mass is 750 g/mol. The Labute approximate surface area is 329 Å². The minimum Gasteiger partial charge on any atom is -0.466 e. The third kappa shape index (κ3) is 40.1. The van der Waals surface area contributed by atoms with Crippen molar-refractivity contribution in [3.05, 3.63) is 12.2 Å². The van der Waals surface area contributed by atoms with Crippen LogP contribution in [0.15, 0.2) is 12.2 Å². The summed E-state index contributed by atoms with van der Waals surface area (Å²) < 4.78 is 5.43. The van der Waals surface area contributed by atoms with Crippen LogP contribution in [0.25, 0.3) is 0 Å². The molecule has 0 aromatic carbocycles. The van der Waals surface area contributed by atoms with Crippen molar-refractivity contribution in [2.24, 2.45) is 0 Å². The Hall–Kier alpha value is -1.40. The Kier molecular flexibility index (Phi) is 42.2. The Bertz CT molecular complexity index is 787. The number of carbonyl (C=O) groups excluding carboxylic acids is 2. The third-order valence-electron chi connectivity index (χ3n) is 10.8. The van der Waals surface area contributed by atoms with Crippen LogP contribution in [0.2, 0.25) is 0 Å². The van der Waals surface area contributed by atoms with E-state index in [4.69, 9.17) is 4.74 Å². The number of allylic oxidation sites excluding steroid dienone is 2. The number of esters is 1. The lowest BCUT2D eigenvalue weighted by Crippen LogP contribution is -2.45. The van der Waals surface area contributed by atoms with Crippen LogP contribution in [0, 0.1) is 0 Å². The number of rotatable bonds is 43. The first-order chi connectivity index (χ1) is 26.0. The fourth-order valence-corrected chi connectivity index (χ4v) is 7.16. The maximum Gasteiger partial charge on any atom is 0.305 e. The number of nitrogens with one attached hydrogen (secondary N) is 1. The van der Waals surface area contributed by atoms with Crippen LogP contribution in [-0.2, 0) is 14.3 Å². The summed E-state index contributed by atoms with van der Waals surface area (Å²) in [7, 11) is 0. The van der Waals surface area contributed by atoms with Gasteiger partial charge in [0.05, 0.1) is 25.4 Å². The maximum atomic E-state index is 12.4. The number of aliphatic hydroxyl groups excluding tert-OH is 2. The van der Waals surface area contributed by atoms with Crippen LogP contribution in [-0.4, -0.2) is 47.4 Å². The molecule has 0 aromatic heterocycles. The van der Waals surface area contributed by atoms with Crippen molar-refractivity contribution in [1.29, 1.82) is 0 Å². The van der Waals surface area contributed by atoms with Gasteiger partial charge in [-0.15, -0.1) is 0 Å². The van der Waals surface area contributed by atoms with Crippen LogP contribution < -0.4 is 5.32 Å². The first-order valence-corrected chi connectivity index (χ1v) is 23.4. The van der Waals surface area contributed by atoms with Gasteiger partial charge in [-0.25, -0.2) is 0 Å². The summed E-state index contributed by atoms with van der Waals surface area (Å²) >= 11 is 0. The van der Waals surface area contributed by atoms with Crippen molar-refractivity contribution in [2.45, 2.75) is 264 Å². The van der Waals surface area contributed by atoms with Crippen molar-refractivity contribution in [1.82, 2.24) is 5.32 Å². The van der Waals surface area contributed by atoms with Crippen LogP contribution in [0.5, 0.6) is 0 Å². The van der Waals surface area contributed by atoms with E-state index in [1.807, 2.05) is 0 Å². The van der Waals surface area contributed by atoms with Crippen LogP contribution in [0.3, 0.4) is 0 Å². The molecule has 0 saturated heterocycles. The van der Waals surface area contributed by atoms with E-state index in [1.54, 1.807) is 0 Å². The van der Waals surface area contributed by atoms with Gasteiger partial charge >= 0.3 is 5.97 Å². The highest BCUT2D eigenvalue weighted by molar-refractivity contribution is 5.76. The molecule has 0 bridgehead atoms. The molecule has 314 valence electrons. The molecule has 2 unspecified atom stereocenters. The van der Waals surface area contributed by atoms with Crippen molar-refractivity contribution < 1.29 is 24.5 Å². The van der Waals surface area contributed by atoms with Crippen molar-refractivity contribution in [3.63, 3.8) is 0 Å². The van der Waals surface area contributed by atoms with Crippen molar-refractivity contribution >= 4 is 11.9 Å². The molecule has 0 radical (unpaired) electrons. The number of aliphatic hydroxyl groups is 2. The van der Waals surface area contributed by atoms with E-state index in [0.29, 0.717) is 25.9 Å². The molecule has 0 aromatic rings. The lowest BCUT2D eigenvalue weighted by atomic mass is 10.0. The zero-order chi connectivity index (χ0) is 38.7. The lowest BCUT2D eigenvalue weighted by Gasteiger charge is -2.22. The molecular formula is C47H91NO5. The largest absolute Gasteiger partial charge is 0.466 e. The molecule has 1 amide bonds. The van der Waals surface area contributed by atoms with E-state index in [-0.39, 0.29) is 18.5 Å². The molecule has 0 aliphatic rings. The van der Waals surface area contributed by atoms with Gasteiger partial charge in [-0.05, 0) is 51.4 Å². The summed E-state index contributed by atoms with van der Waals surface area (Å²) in [5, 5.41) is 23.1. The van der Waals surface area contributed by atoms with Gasteiger partial charge in [0, 0.05) is 12.8 Å². The van der Waals surface area contributed by atoms with E-state index in [2.05, 4.69) is 31.3 Å². The molecule has 0 aliphatic heterocycles.